The number of nitrogens with zero attached hydrogens (tertiary/aromatic N) is 1. The third kappa shape index (κ3) is 2.46. The van der Waals surface area contributed by atoms with E-state index in [2.05, 4.69) is 59.3 Å². The van der Waals surface area contributed by atoms with Gasteiger partial charge in [0.2, 0.25) is 0 Å². The molecule has 1 aromatic heterocycles. The summed E-state index contributed by atoms with van der Waals surface area (Å²) in [5, 5.41) is 14.4. The monoisotopic (exact) mass is 296 g/mol. The molecule has 22 heavy (non-hydrogen) atoms. The highest BCUT2D eigenvalue weighted by molar-refractivity contribution is 6.08. The maximum absolute atomic E-state index is 10.9. The third-order valence-corrected chi connectivity index (χ3v) is 4.14. The van der Waals surface area contributed by atoms with Gasteiger partial charge in [0.15, 0.2) is 0 Å². The van der Waals surface area contributed by atoms with Gasteiger partial charge >= 0.3 is 5.97 Å². The number of para-hydroxylation sites is 1. The highest BCUT2D eigenvalue weighted by Gasteiger charge is 2.12. The zero-order valence-electron chi connectivity index (χ0n) is 12.8. The molecule has 4 nitrogen and oxygen atoms in total. The normalized spacial score (nSPS) is 12.8. The molecule has 0 radical (unpaired) electrons. The average Bonchev–Trinajstić information content (AvgIpc) is 2.85. The predicted molar refractivity (Wildman–Crippen MR) is 89.1 cm³/mol. The van der Waals surface area contributed by atoms with E-state index in [4.69, 9.17) is 5.11 Å². The summed E-state index contributed by atoms with van der Waals surface area (Å²) in [7, 11) is 0. The summed E-state index contributed by atoms with van der Waals surface area (Å²) >= 11 is 0. The first kappa shape index (κ1) is 14.6. The lowest BCUT2D eigenvalue weighted by molar-refractivity contribution is -0.139. The van der Waals surface area contributed by atoms with Crippen molar-refractivity contribution in [2.75, 3.05) is 0 Å². The number of benzene rings is 2. The molecule has 2 aromatic carbocycles. The van der Waals surface area contributed by atoms with Crippen molar-refractivity contribution in [1.82, 2.24) is 9.88 Å². The summed E-state index contributed by atoms with van der Waals surface area (Å²) in [6.07, 6.45) is 0. The maximum atomic E-state index is 10.9. The number of hydrogen-bond acceptors (Lipinski definition) is 2. The van der Waals surface area contributed by atoms with Gasteiger partial charge in [0.05, 0.1) is 0 Å². The first-order valence-corrected chi connectivity index (χ1v) is 7.58. The van der Waals surface area contributed by atoms with Crippen molar-refractivity contribution >= 4 is 27.8 Å². The van der Waals surface area contributed by atoms with Gasteiger partial charge in [-0.05, 0) is 37.6 Å². The Kier molecular flexibility index (Phi) is 3.86. The fourth-order valence-electron chi connectivity index (χ4n) is 2.91. The van der Waals surface area contributed by atoms with Gasteiger partial charge in [0.25, 0.3) is 0 Å². The molecule has 0 amide bonds. The number of fused-ring (bicyclic) bond motifs is 3. The number of carboxylic acid groups (broad SMARTS) is 1. The zero-order chi connectivity index (χ0) is 15.7. The van der Waals surface area contributed by atoms with Crippen LogP contribution in [-0.4, -0.2) is 21.7 Å². The van der Waals surface area contributed by atoms with E-state index in [1.807, 2.05) is 0 Å². The minimum Gasteiger partial charge on any atom is -0.480 e. The molecular formula is C18H20N2O2. The summed E-state index contributed by atoms with van der Waals surface area (Å²) in [6, 6.07) is 14.2. The van der Waals surface area contributed by atoms with Crippen molar-refractivity contribution < 1.29 is 9.90 Å². The molecule has 2 N–H and O–H groups in total. The van der Waals surface area contributed by atoms with E-state index in [-0.39, 0.29) is 0 Å². The molecule has 0 aliphatic heterocycles. The minimum atomic E-state index is -0.830. The van der Waals surface area contributed by atoms with E-state index in [9.17, 15) is 4.79 Å². The number of aliphatic carboxylic acids is 1. The number of carboxylic acids is 1. The van der Waals surface area contributed by atoms with Crippen LogP contribution in [0.1, 0.15) is 19.4 Å². The Morgan fingerprint density at radius 1 is 1.18 bits per heavy atom. The van der Waals surface area contributed by atoms with Crippen molar-refractivity contribution in [3.63, 3.8) is 0 Å². The third-order valence-electron chi connectivity index (χ3n) is 4.14. The Balaban J connectivity index is 2.02. The summed E-state index contributed by atoms with van der Waals surface area (Å²) in [5.41, 5.74) is 3.56. The van der Waals surface area contributed by atoms with Crippen LogP contribution in [0.15, 0.2) is 42.5 Å². The fraction of sp³-hybridized carbons (Fsp3) is 0.278. The van der Waals surface area contributed by atoms with Crippen LogP contribution in [0.25, 0.3) is 21.8 Å². The van der Waals surface area contributed by atoms with Crippen LogP contribution < -0.4 is 5.32 Å². The largest absolute Gasteiger partial charge is 0.480 e. The number of hydrogen-bond donors (Lipinski definition) is 2. The van der Waals surface area contributed by atoms with Crippen molar-refractivity contribution in [3.8, 4) is 0 Å². The molecule has 1 heterocycles. The van der Waals surface area contributed by atoms with Crippen LogP contribution >= 0.6 is 0 Å². The lowest BCUT2D eigenvalue weighted by Gasteiger charge is -2.09. The van der Waals surface area contributed by atoms with Crippen molar-refractivity contribution in [3.05, 3.63) is 48.0 Å². The van der Waals surface area contributed by atoms with Gasteiger partial charge in [0, 0.05) is 34.9 Å². The maximum Gasteiger partial charge on any atom is 0.320 e. The van der Waals surface area contributed by atoms with E-state index in [0.717, 1.165) is 12.1 Å². The molecule has 0 bridgehead atoms. The summed E-state index contributed by atoms with van der Waals surface area (Å²) in [4.78, 5) is 10.9. The first-order chi connectivity index (χ1) is 10.6. The lowest BCUT2D eigenvalue weighted by Crippen LogP contribution is -2.33. The molecule has 4 heteroatoms. The molecule has 1 atom stereocenters. The molecule has 0 aliphatic carbocycles. The predicted octanol–water partition coefficient (Wildman–Crippen LogP) is 3.38. The van der Waals surface area contributed by atoms with Gasteiger partial charge in [-0.25, -0.2) is 0 Å². The van der Waals surface area contributed by atoms with E-state index < -0.39 is 12.0 Å². The second-order valence-corrected chi connectivity index (χ2v) is 5.55. The quantitative estimate of drug-likeness (QED) is 0.759. The molecule has 0 spiro atoms. The summed E-state index contributed by atoms with van der Waals surface area (Å²) < 4.78 is 2.31. The van der Waals surface area contributed by atoms with Crippen LogP contribution in [-0.2, 0) is 17.9 Å². The van der Waals surface area contributed by atoms with E-state index in [1.54, 1.807) is 6.92 Å². The standard InChI is InChI=1S/C18H20N2O2/c1-3-20-16-7-5-4-6-14(16)15-10-13(8-9-17(15)20)11-19-12(2)18(21)22/h4-10,12,19H,3,11H2,1-2H3,(H,21,22). The highest BCUT2D eigenvalue weighted by Crippen LogP contribution is 2.29. The Hall–Kier alpha value is -2.33. The number of carbonyl (C=O) groups is 1. The van der Waals surface area contributed by atoms with E-state index >= 15 is 0 Å². The van der Waals surface area contributed by atoms with Gasteiger partial charge in [-0.15, -0.1) is 0 Å². The van der Waals surface area contributed by atoms with Crippen LogP contribution in [0.2, 0.25) is 0 Å². The van der Waals surface area contributed by atoms with E-state index in [0.29, 0.717) is 6.54 Å². The molecule has 0 saturated carbocycles. The van der Waals surface area contributed by atoms with E-state index in [1.165, 1.54) is 21.8 Å². The van der Waals surface area contributed by atoms with Crippen LogP contribution in [0.5, 0.6) is 0 Å². The zero-order valence-corrected chi connectivity index (χ0v) is 12.8. The Labute approximate surface area is 129 Å². The van der Waals surface area contributed by atoms with Crippen molar-refractivity contribution in [1.29, 1.82) is 0 Å². The van der Waals surface area contributed by atoms with Gasteiger partial charge < -0.3 is 15.0 Å². The molecule has 1 unspecified atom stereocenters. The molecule has 3 aromatic rings. The molecule has 0 fully saturated rings. The average molecular weight is 296 g/mol. The second-order valence-electron chi connectivity index (χ2n) is 5.55. The topological polar surface area (TPSA) is 54.3 Å². The Morgan fingerprint density at radius 3 is 2.64 bits per heavy atom. The Morgan fingerprint density at radius 2 is 1.91 bits per heavy atom. The lowest BCUT2D eigenvalue weighted by atomic mass is 10.1. The molecule has 114 valence electrons. The van der Waals surface area contributed by atoms with Gasteiger partial charge in [0.1, 0.15) is 6.04 Å². The molecule has 3 rings (SSSR count). The first-order valence-electron chi connectivity index (χ1n) is 7.58. The van der Waals surface area contributed by atoms with Crippen LogP contribution in [0.3, 0.4) is 0 Å². The van der Waals surface area contributed by atoms with Gasteiger partial charge in [-0.3, -0.25) is 4.79 Å². The van der Waals surface area contributed by atoms with Crippen molar-refractivity contribution in [2.24, 2.45) is 0 Å². The molecular weight excluding hydrogens is 276 g/mol. The molecule has 0 aliphatic rings. The van der Waals surface area contributed by atoms with Gasteiger partial charge in [-0.2, -0.15) is 0 Å². The number of rotatable bonds is 5. The van der Waals surface area contributed by atoms with Crippen molar-refractivity contribution in [2.45, 2.75) is 33.0 Å². The second kappa shape index (κ2) is 5.81. The van der Waals surface area contributed by atoms with Crippen LogP contribution in [0.4, 0.5) is 0 Å². The van der Waals surface area contributed by atoms with Crippen LogP contribution in [0, 0.1) is 0 Å². The number of aromatic nitrogens is 1. The molecule has 0 saturated heterocycles. The number of aryl methyl sites for hydroxylation is 1. The fourth-order valence-corrected chi connectivity index (χ4v) is 2.91. The number of nitrogens with one attached hydrogen (secondary N) is 1. The summed E-state index contributed by atoms with van der Waals surface area (Å²) in [6.45, 7) is 5.28. The SMILES string of the molecule is CCn1c2ccccc2c2cc(CNC(C)C(=O)O)ccc21. The highest BCUT2D eigenvalue weighted by atomic mass is 16.4. The summed E-state index contributed by atoms with van der Waals surface area (Å²) in [5.74, 6) is -0.830. The van der Waals surface area contributed by atoms with Gasteiger partial charge in [-0.1, -0.05) is 24.3 Å². The smallest absolute Gasteiger partial charge is 0.320 e. The Bertz CT molecular complexity index is 836. The minimum absolute atomic E-state index is 0.548.